The first-order valence-corrected chi connectivity index (χ1v) is 7.41. The van der Waals surface area contributed by atoms with Crippen LogP contribution < -0.4 is 4.72 Å². The van der Waals surface area contributed by atoms with E-state index in [0.717, 1.165) is 19.3 Å². The van der Waals surface area contributed by atoms with Crippen LogP contribution in [0.4, 0.5) is 0 Å². The molecule has 0 spiro atoms. The summed E-state index contributed by atoms with van der Waals surface area (Å²) in [4.78, 5) is 10.5. The predicted octanol–water partition coefficient (Wildman–Crippen LogP) is 1.95. The summed E-state index contributed by atoms with van der Waals surface area (Å²) in [5, 5.41) is -0.202. The summed E-state index contributed by atoms with van der Waals surface area (Å²) in [5.74, 6) is 0.0149. The van der Waals surface area contributed by atoms with Crippen molar-refractivity contribution in [1.82, 2.24) is 4.72 Å². The van der Waals surface area contributed by atoms with Crippen LogP contribution in [-0.4, -0.2) is 20.7 Å². The Balaban J connectivity index is 2.19. The second-order valence-corrected chi connectivity index (χ2v) is 6.97. The van der Waals surface area contributed by atoms with E-state index < -0.39 is 10.0 Å². The Labute approximate surface area is 107 Å². The van der Waals surface area contributed by atoms with Crippen LogP contribution in [0.1, 0.15) is 43.7 Å². The molecule has 5 nitrogen and oxygen atoms in total. The molecular weight excluding hydrogens is 254 g/mol. The molecule has 1 saturated carbocycles. The molecule has 0 saturated heterocycles. The summed E-state index contributed by atoms with van der Waals surface area (Å²) in [5.41, 5.74) is -0.0485. The Morgan fingerprint density at radius 3 is 2.67 bits per heavy atom. The summed E-state index contributed by atoms with van der Waals surface area (Å²) < 4.78 is 31.8. The van der Waals surface area contributed by atoms with E-state index in [1.807, 2.05) is 13.8 Å². The van der Waals surface area contributed by atoms with Crippen LogP contribution >= 0.6 is 0 Å². The molecule has 1 aliphatic rings. The van der Waals surface area contributed by atoms with Gasteiger partial charge in [0.2, 0.25) is 5.09 Å². The number of hydrogen-bond donors (Lipinski definition) is 1. The van der Waals surface area contributed by atoms with Gasteiger partial charge in [0.1, 0.15) is 0 Å². The minimum Gasteiger partial charge on any atom is -0.440 e. The van der Waals surface area contributed by atoms with Gasteiger partial charge >= 0.3 is 0 Å². The molecule has 6 heteroatoms. The van der Waals surface area contributed by atoms with Gasteiger partial charge in [0.25, 0.3) is 10.0 Å². The van der Waals surface area contributed by atoms with E-state index in [9.17, 15) is 13.2 Å². The van der Waals surface area contributed by atoms with E-state index in [4.69, 9.17) is 4.42 Å². The molecule has 1 aromatic rings. The van der Waals surface area contributed by atoms with E-state index >= 15 is 0 Å². The molecule has 0 bridgehead atoms. The molecule has 1 atom stereocenters. The molecule has 18 heavy (non-hydrogen) atoms. The van der Waals surface area contributed by atoms with Crippen molar-refractivity contribution in [2.75, 3.05) is 0 Å². The molecule has 0 amide bonds. The van der Waals surface area contributed by atoms with Crippen LogP contribution in [0, 0.1) is 5.41 Å². The SMILES string of the molecule is CC1(C)CCCC1NS(=O)(=O)c1ccc(C=O)o1. The summed E-state index contributed by atoms with van der Waals surface area (Å²) >= 11 is 0. The minimum atomic E-state index is -3.68. The van der Waals surface area contributed by atoms with Crippen molar-refractivity contribution in [3.63, 3.8) is 0 Å². The molecule has 0 aliphatic heterocycles. The summed E-state index contributed by atoms with van der Waals surface area (Å²) in [6.45, 7) is 4.10. The molecule has 1 heterocycles. The second kappa shape index (κ2) is 4.51. The number of aldehydes is 1. The number of furan rings is 1. The molecule has 1 fully saturated rings. The lowest BCUT2D eigenvalue weighted by Gasteiger charge is -2.27. The van der Waals surface area contributed by atoms with Gasteiger partial charge in [0.15, 0.2) is 12.0 Å². The van der Waals surface area contributed by atoms with E-state index in [1.165, 1.54) is 12.1 Å². The Kier molecular flexibility index (Phi) is 3.33. The Morgan fingerprint density at radius 2 is 2.17 bits per heavy atom. The third-order valence-electron chi connectivity index (χ3n) is 3.54. The Hall–Kier alpha value is -1.14. The number of rotatable bonds is 4. The van der Waals surface area contributed by atoms with E-state index in [1.54, 1.807) is 0 Å². The van der Waals surface area contributed by atoms with Gasteiger partial charge in [-0.2, -0.15) is 0 Å². The lowest BCUT2D eigenvalue weighted by molar-refractivity contribution is 0.109. The minimum absolute atomic E-state index is 0.0149. The fourth-order valence-electron chi connectivity index (χ4n) is 2.33. The average Bonchev–Trinajstić information content (AvgIpc) is 2.86. The lowest BCUT2D eigenvalue weighted by atomic mass is 9.88. The molecule has 1 aromatic heterocycles. The van der Waals surface area contributed by atoms with Crippen LogP contribution in [-0.2, 0) is 10.0 Å². The highest BCUT2D eigenvalue weighted by Gasteiger charge is 2.37. The number of nitrogens with one attached hydrogen (secondary N) is 1. The standard InChI is InChI=1S/C12H17NO4S/c1-12(2)7-3-4-10(12)13-18(15,16)11-6-5-9(8-14)17-11/h5-6,8,10,13H,3-4,7H2,1-2H3. The van der Waals surface area contributed by atoms with Gasteiger partial charge in [-0.3, -0.25) is 4.79 Å². The smallest absolute Gasteiger partial charge is 0.274 e. The van der Waals surface area contributed by atoms with Gasteiger partial charge in [0, 0.05) is 6.04 Å². The zero-order valence-electron chi connectivity index (χ0n) is 10.5. The molecule has 100 valence electrons. The van der Waals surface area contributed by atoms with Crippen LogP contribution in [0.5, 0.6) is 0 Å². The van der Waals surface area contributed by atoms with Crippen molar-refractivity contribution in [2.45, 2.75) is 44.2 Å². The van der Waals surface area contributed by atoms with Crippen LogP contribution in [0.25, 0.3) is 0 Å². The van der Waals surface area contributed by atoms with E-state index in [2.05, 4.69) is 4.72 Å². The maximum absolute atomic E-state index is 12.1. The molecular formula is C12H17NO4S. The Morgan fingerprint density at radius 1 is 1.44 bits per heavy atom. The van der Waals surface area contributed by atoms with Gasteiger partial charge in [-0.1, -0.05) is 20.3 Å². The van der Waals surface area contributed by atoms with Gasteiger partial charge in [-0.25, -0.2) is 13.1 Å². The monoisotopic (exact) mass is 271 g/mol. The van der Waals surface area contributed by atoms with Crippen molar-refractivity contribution in [3.05, 3.63) is 17.9 Å². The average molecular weight is 271 g/mol. The summed E-state index contributed by atoms with van der Waals surface area (Å²) in [6, 6.07) is 2.56. The largest absolute Gasteiger partial charge is 0.440 e. The number of sulfonamides is 1. The second-order valence-electron chi connectivity index (χ2n) is 5.33. The van der Waals surface area contributed by atoms with E-state index in [0.29, 0.717) is 6.29 Å². The van der Waals surface area contributed by atoms with Gasteiger partial charge in [0.05, 0.1) is 0 Å². The zero-order chi connectivity index (χ0) is 13.4. The van der Waals surface area contributed by atoms with Gasteiger partial charge in [-0.15, -0.1) is 0 Å². The first-order valence-electron chi connectivity index (χ1n) is 5.92. The molecule has 0 aromatic carbocycles. The van der Waals surface area contributed by atoms with Gasteiger partial charge in [-0.05, 0) is 30.4 Å². The Bertz CT molecular complexity index is 544. The highest BCUT2D eigenvalue weighted by atomic mass is 32.2. The molecule has 2 rings (SSSR count). The summed E-state index contributed by atoms with van der Waals surface area (Å²) in [6.07, 6.45) is 3.32. The predicted molar refractivity (Wildman–Crippen MR) is 65.8 cm³/mol. The highest BCUT2D eigenvalue weighted by Crippen LogP contribution is 2.37. The molecule has 1 unspecified atom stereocenters. The lowest BCUT2D eigenvalue weighted by Crippen LogP contribution is -2.41. The normalized spacial score (nSPS) is 23.1. The van der Waals surface area contributed by atoms with Crippen molar-refractivity contribution in [3.8, 4) is 0 Å². The zero-order valence-corrected chi connectivity index (χ0v) is 11.3. The molecule has 1 aliphatic carbocycles. The number of carbonyl (C=O) groups is 1. The van der Waals surface area contributed by atoms with Crippen molar-refractivity contribution < 1.29 is 17.6 Å². The first kappa shape index (κ1) is 13.3. The van der Waals surface area contributed by atoms with Crippen LogP contribution in [0.2, 0.25) is 0 Å². The molecule has 0 radical (unpaired) electrons. The van der Waals surface area contributed by atoms with Gasteiger partial charge < -0.3 is 4.42 Å². The quantitative estimate of drug-likeness (QED) is 0.849. The first-order chi connectivity index (χ1) is 8.35. The van der Waals surface area contributed by atoms with Crippen LogP contribution in [0.3, 0.4) is 0 Å². The maximum Gasteiger partial charge on any atom is 0.274 e. The van der Waals surface area contributed by atoms with Crippen molar-refractivity contribution >= 4 is 16.3 Å². The maximum atomic E-state index is 12.1. The summed E-state index contributed by atoms with van der Waals surface area (Å²) in [7, 11) is -3.68. The third-order valence-corrected chi connectivity index (χ3v) is 4.88. The number of carbonyl (C=O) groups excluding carboxylic acids is 1. The topological polar surface area (TPSA) is 76.4 Å². The fourth-order valence-corrected chi connectivity index (χ4v) is 3.71. The van der Waals surface area contributed by atoms with Crippen LogP contribution in [0.15, 0.2) is 21.6 Å². The third kappa shape index (κ3) is 2.49. The molecule has 1 N–H and O–H groups in total. The fraction of sp³-hybridized carbons (Fsp3) is 0.583. The van der Waals surface area contributed by atoms with Crippen molar-refractivity contribution in [2.24, 2.45) is 5.41 Å². The number of hydrogen-bond acceptors (Lipinski definition) is 4. The highest BCUT2D eigenvalue weighted by molar-refractivity contribution is 7.89. The van der Waals surface area contributed by atoms with E-state index in [-0.39, 0.29) is 22.3 Å². The van der Waals surface area contributed by atoms with Crippen molar-refractivity contribution in [1.29, 1.82) is 0 Å².